The van der Waals surface area contributed by atoms with Crippen molar-refractivity contribution in [2.24, 2.45) is 0 Å². The van der Waals surface area contributed by atoms with Crippen molar-refractivity contribution in [1.29, 1.82) is 0 Å². The molecule has 2 aromatic heterocycles. The van der Waals surface area contributed by atoms with Gasteiger partial charge in [0.2, 0.25) is 0 Å². The topological polar surface area (TPSA) is 24.9 Å². The van der Waals surface area contributed by atoms with Gasteiger partial charge in [-0.2, -0.15) is 0 Å². The minimum Gasteiger partial charge on any atom is -0.306 e. The number of nitrogens with zero attached hydrogens (tertiary/aromatic N) is 1. The average molecular weight is 394 g/mol. The number of rotatable bonds is 4. The van der Waals surface area contributed by atoms with E-state index in [4.69, 9.17) is 0 Å². The third kappa shape index (κ3) is 2.73. The third-order valence-electron chi connectivity index (χ3n) is 3.34. The van der Waals surface area contributed by atoms with Gasteiger partial charge in [-0.3, -0.25) is 4.98 Å². The second-order valence-electron chi connectivity index (χ2n) is 4.62. The highest BCUT2D eigenvalue weighted by Crippen LogP contribution is 2.31. The van der Waals surface area contributed by atoms with E-state index in [0.717, 1.165) is 6.54 Å². The van der Waals surface area contributed by atoms with Crippen LogP contribution in [0, 0.1) is 2.88 Å². The summed E-state index contributed by atoms with van der Waals surface area (Å²) in [5, 5.41) is 8.28. The monoisotopic (exact) mass is 394 g/mol. The number of hydrogen-bond acceptors (Lipinski definition) is 3. The van der Waals surface area contributed by atoms with Crippen molar-refractivity contribution in [3.05, 3.63) is 62.1 Å². The lowest BCUT2D eigenvalue weighted by atomic mass is 9.97. The van der Waals surface area contributed by atoms with Crippen molar-refractivity contribution in [2.75, 3.05) is 6.54 Å². The summed E-state index contributed by atoms with van der Waals surface area (Å²) in [5.41, 5.74) is 2.57. The first-order valence-corrected chi connectivity index (χ1v) is 8.55. The number of pyridine rings is 1. The predicted octanol–water partition coefficient (Wildman–Crippen LogP) is 4.60. The van der Waals surface area contributed by atoms with Crippen LogP contribution in [0.2, 0.25) is 0 Å². The molecule has 0 radical (unpaired) electrons. The minimum absolute atomic E-state index is 0.207. The Bertz CT molecular complexity index is 718. The van der Waals surface area contributed by atoms with E-state index in [1.807, 2.05) is 12.4 Å². The fourth-order valence-electron chi connectivity index (χ4n) is 2.46. The number of fused-ring (bicyclic) bond motifs is 1. The molecule has 20 heavy (non-hydrogen) atoms. The van der Waals surface area contributed by atoms with Crippen molar-refractivity contribution in [1.82, 2.24) is 10.3 Å². The second kappa shape index (κ2) is 6.20. The van der Waals surface area contributed by atoms with Crippen LogP contribution >= 0.6 is 33.9 Å². The molecule has 1 atom stereocenters. The van der Waals surface area contributed by atoms with Crippen LogP contribution in [0.3, 0.4) is 0 Å². The highest BCUT2D eigenvalue weighted by molar-refractivity contribution is 14.1. The van der Waals surface area contributed by atoms with Gasteiger partial charge >= 0.3 is 0 Å². The van der Waals surface area contributed by atoms with Crippen LogP contribution in [0.1, 0.15) is 24.1 Å². The van der Waals surface area contributed by atoms with Crippen LogP contribution in [0.25, 0.3) is 10.8 Å². The van der Waals surface area contributed by atoms with E-state index in [1.165, 1.54) is 24.8 Å². The molecule has 0 aliphatic rings. The molecular formula is C16H15IN2S. The number of hydrogen-bond donors (Lipinski definition) is 1. The molecule has 1 unspecified atom stereocenters. The first-order chi connectivity index (χ1) is 9.79. The van der Waals surface area contributed by atoms with Gasteiger partial charge in [0.15, 0.2) is 0 Å². The van der Waals surface area contributed by atoms with Crippen LogP contribution < -0.4 is 5.32 Å². The van der Waals surface area contributed by atoms with Gasteiger partial charge in [-0.05, 0) is 57.1 Å². The van der Waals surface area contributed by atoms with E-state index in [2.05, 4.69) is 75.5 Å². The summed E-state index contributed by atoms with van der Waals surface area (Å²) >= 11 is 4.16. The van der Waals surface area contributed by atoms with Gasteiger partial charge < -0.3 is 5.32 Å². The highest BCUT2D eigenvalue weighted by Gasteiger charge is 2.17. The van der Waals surface area contributed by atoms with E-state index < -0.39 is 0 Å². The summed E-state index contributed by atoms with van der Waals surface area (Å²) in [6.07, 6.45) is 3.92. The number of benzene rings is 1. The molecule has 0 saturated carbocycles. The van der Waals surface area contributed by atoms with Crippen molar-refractivity contribution in [3.8, 4) is 0 Å². The molecule has 102 valence electrons. The Morgan fingerprint density at radius 3 is 2.90 bits per heavy atom. The van der Waals surface area contributed by atoms with Crippen molar-refractivity contribution in [3.63, 3.8) is 0 Å². The Kier molecular flexibility index (Phi) is 4.33. The van der Waals surface area contributed by atoms with Gasteiger partial charge in [-0.15, -0.1) is 11.3 Å². The van der Waals surface area contributed by atoms with Gasteiger partial charge in [0, 0.05) is 17.8 Å². The molecule has 0 spiro atoms. The van der Waals surface area contributed by atoms with E-state index in [-0.39, 0.29) is 6.04 Å². The van der Waals surface area contributed by atoms with Crippen molar-refractivity contribution < 1.29 is 0 Å². The number of aromatic nitrogens is 1. The molecule has 0 aliphatic heterocycles. The van der Waals surface area contributed by atoms with Crippen LogP contribution in [0.5, 0.6) is 0 Å². The third-order valence-corrected chi connectivity index (χ3v) is 5.15. The molecule has 0 fully saturated rings. The lowest BCUT2D eigenvalue weighted by Gasteiger charge is -2.19. The Hall–Kier alpha value is -0.980. The summed E-state index contributed by atoms with van der Waals surface area (Å²) in [4.78, 5) is 4.41. The lowest BCUT2D eigenvalue weighted by Crippen LogP contribution is -2.22. The molecule has 0 aliphatic carbocycles. The molecule has 0 bridgehead atoms. The largest absolute Gasteiger partial charge is 0.306 e. The molecule has 2 nitrogen and oxygen atoms in total. The van der Waals surface area contributed by atoms with Crippen molar-refractivity contribution >= 4 is 44.7 Å². The maximum absolute atomic E-state index is 4.41. The molecule has 4 heteroatoms. The van der Waals surface area contributed by atoms with Gasteiger partial charge in [0.05, 0.1) is 8.93 Å². The zero-order valence-corrected chi connectivity index (χ0v) is 14.1. The SMILES string of the molecule is CCNC(c1csc(I)c1)c1cncc2ccccc12. The summed E-state index contributed by atoms with van der Waals surface area (Å²) in [6, 6.07) is 10.9. The maximum atomic E-state index is 4.41. The predicted molar refractivity (Wildman–Crippen MR) is 94.3 cm³/mol. The molecule has 2 heterocycles. The molecule has 1 N–H and O–H groups in total. The van der Waals surface area contributed by atoms with Gasteiger partial charge in [0.25, 0.3) is 0 Å². The first-order valence-electron chi connectivity index (χ1n) is 6.59. The zero-order chi connectivity index (χ0) is 13.9. The Balaban J connectivity index is 2.14. The highest BCUT2D eigenvalue weighted by atomic mass is 127. The summed E-state index contributed by atoms with van der Waals surface area (Å²) in [7, 11) is 0. The zero-order valence-electron chi connectivity index (χ0n) is 11.1. The standard InChI is InChI=1S/C16H15IN2S/c1-2-19-16(12-7-15(17)20-10-12)14-9-18-8-11-5-3-4-6-13(11)14/h3-10,16,19H,2H2,1H3. The first kappa shape index (κ1) is 14.0. The second-order valence-corrected chi connectivity index (χ2v) is 7.43. The quantitative estimate of drug-likeness (QED) is 0.655. The summed E-state index contributed by atoms with van der Waals surface area (Å²) in [5.74, 6) is 0. The Morgan fingerprint density at radius 1 is 1.30 bits per heavy atom. The van der Waals surface area contributed by atoms with Crippen molar-refractivity contribution in [2.45, 2.75) is 13.0 Å². The van der Waals surface area contributed by atoms with Crippen LogP contribution in [-0.4, -0.2) is 11.5 Å². The van der Waals surface area contributed by atoms with Gasteiger partial charge in [-0.25, -0.2) is 0 Å². The fourth-order valence-corrected chi connectivity index (χ4v) is 3.85. The van der Waals surface area contributed by atoms with Crippen LogP contribution in [0.4, 0.5) is 0 Å². The van der Waals surface area contributed by atoms with Crippen LogP contribution in [-0.2, 0) is 0 Å². The van der Waals surface area contributed by atoms with E-state index in [9.17, 15) is 0 Å². The smallest absolute Gasteiger partial charge is 0.0656 e. The number of nitrogens with one attached hydrogen (secondary N) is 1. The lowest BCUT2D eigenvalue weighted by molar-refractivity contribution is 0.634. The van der Waals surface area contributed by atoms with E-state index in [1.54, 1.807) is 11.3 Å². The minimum atomic E-state index is 0.207. The summed E-state index contributed by atoms with van der Waals surface area (Å²) < 4.78 is 1.31. The molecule has 0 amide bonds. The normalized spacial score (nSPS) is 12.7. The molecule has 0 saturated heterocycles. The average Bonchev–Trinajstić information content (AvgIpc) is 2.91. The van der Waals surface area contributed by atoms with E-state index >= 15 is 0 Å². The Morgan fingerprint density at radius 2 is 2.15 bits per heavy atom. The molecule has 3 aromatic rings. The Labute approximate surface area is 136 Å². The maximum Gasteiger partial charge on any atom is 0.0656 e. The van der Waals surface area contributed by atoms with Crippen LogP contribution in [0.15, 0.2) is 48.1 Å². The number of thiophene rings is 1. The molecule has 3 rings (SSSR count). The molecular weight excluding hydrogens is 379 g/mol. The molecule has 1 aromatic carbocycles. The summed E-state index contributed by atoms with van der Waals surface area (Å²) in [6.45, 7) is 3.07. The van der Waals surface area contributed by atoms with Gasteiger partial charge in [-0.1, -0.05) is 31.2 Å². The number of halogens is 1. The van der Waals surface area contributed by atoms with E-state index in [0.29, 0.717) is 0 Å². The van der Waals surface area contributed by atoms with Gasteiger partial charge in [0.1, 0.15) is 0 Å². The fraction of sp³-hybridized carbons (Fsp3) is 0.188.